The molecule has 74 valence electrons. The van der Waals surface area contributed by atoms with E-state index < -0.39 is 11.3 Å². The van der Waals surface area contributed by atoms with Crippen LogP contribution in [0.2, 0.25) is 0 Å². The zero-order valence-corrected chi connectivity index (χ0v) is 7.77. The second-order valence-corrected chi connectivity index (χ2v) is 2.88. The molecule has 0 spiro atoms. The molecule has 0 fully saturated rings. The fourth-order valence-electron chi connectivity index (χ4n) is 0.968. The molecule has 0 bridgehead atoms. The average Bonchev–Trinajstić information content (AvgIpc) is 2.15. The van der Waals surface area contributed by atoms with E-state index in [0.717, 1.165) is 0 Å². The molecule has 0 radical (unpaired) electrons. The summed E-state index contributed by atoms with van der Waals surface area (Å²) in [6, 6.07) is 5.64. The summed E-state index contributed by atoms with van der Waals surface area (Å²) in [5, 5.41) is 8.19. The molecule has 0 saturated heterocycles. The number of halogens is 1. The van der Waals surface area contributed by atoms with Crippen molar-refractivity contribution in [2.75, 3.05) is 0 Å². The minimum atomic E-state index is -1.12. The summed E-state index contributed by atoms with van der Waals surface area (Å²) < 4.78 is 4.49. The molecule has 0 aliphatic rings. The van der Waals surface area contributed by atoms with Crippen LogP contribution in [0.15, 0.2) is 24.3 Å². The Labute approximate surface area is 85.1 Å². The van der Waals surface area contributed by atoms with Crippen LogP contribution >= 0.6 is 11.6 Å². The fraction of sp³-hybridized carbons (Fsp3) is 0.111. The van der Waals surface area contributed by atoms with Crippen LogP contribution in [-0.4, -0.2) is 16.8 Å². The molecule has 1 atom stereocenters. The molecule has 0 saturated carbocycles. The molecule has 0 aliphatic carbocycles. The van der Waals surface area contributed by atoms with E-state index >= 15 is 0 Å². The van der Waals surface area contributed by atoms with E-state index in [9.17, 15) is 9.59 Å². The Balaban J connectivity index is 2.93. The van der Waals surface area contributed by atoms with Gasteiger partial charge in [-0.15, -0.1) is 0 Å². The minimum Gasteiger partial charge on any atom is -0.508 e. The highest BCUT2D eigenvalue weighted by atomic mass is 35.5. The van der Waals surface area contributed by atoms with Crippen LogP contribution in [0.4, 0.5) is 0 Å². The minimum absolute atomic E-state index is 0.0561. The quantitative estimate of drug-likeness (QED) is 0.607. The molecule has 1 aromatic rings. The van der Waals surface area contributed by atoms with Crippen molar-refractivity contribution < 1.29 is 19.4 Å². The number of carbonyl (C=O) groups is 2. The number of rotatable bonds is 4. The lowest BCUT2D eigenvalue weighted by Gasteiger charge is -2.10. The van der Waals surface area contributed by atoms with Crippen LogP contribution in [0.3, 0.4) is 0 Å². The first kappa shape index (κ1) is 10.5. The van der Waals surface area contributed by atoms with Gasteiger partial charge < -0.3 is 9.84 Å². The summed E-state index contributed by atoms with van der Waals surface area (Å²) in [6.45, 7) is 0.151. The van der Waals surface area contributed by atoms with Gasteiger partial charge in [0.15, 0.2) is 6.10 Å². The lowest BCUT2D eigenvalue weighted by molar-refractivity contribution is -0.140. The zero-order chi connectivity index (χ0) is 10.6. The lowest BCUT2D eigenvalue weighted by Crippen LogP contribution is -2.10. The Morgan fingerprint density at radius 2 is 2.00 bits per heavy atom. The summed E-state index contributed by atoms with van der Waals surface area (Å²) in [5.41, 5.74) is 0.412. The number of carbonyl (C=O) groups excluding carboxylic acids is 2. The molecule has 5 heteroatoms. The van der Waals surface area contributed by atoms with Crippen molar-refractivity contribution in [3.05, 3.63) is 29.8 Å². The van der Waals surface area contributed by atoms with Crippen molar-refractivity contribution in [1.29, 1.82) is 0 Å². The second kappa shape index (κ2) is 4.62. The molecular formula is C9H7ClO4. The molecule has 0 heterocycles. The third-order valence-electron chi connectivity index (χ3n) is 1.59. The van der Waals surface area contributed by atoms with Gasteiger partial charge in [-0.2, -0.15) is 0 Å². The summed E-state index contributed by atoms with van der Waals surface area (Å²) in [6.07, 6.45) is -1.12. The largest absolute Gasteiger partial charge is 0.508 e. The molecule has 14 heavy (non-hydrogen) atoms. The standard InChI is InChI=1S/C9H7ClO4/c10-9(13)8(14-5-11)6-1-3-7(12)4-2-6/h1-5,8,12H/t8-/m1/s1. The first-order chi connectivity index (χ1) is 6.65. The second-order valence-electron chi connectivity index (χ2n) is 2.51. The predicted octanol–water partition coefficient (Wildman–Crippen LogP) is 1.37. The number of phenols is 1. The van der Waals surface area contributed by atoms with Crippen molar-refractivity contribution in [2.45, 2.75) is 6.10 Å². The highest BCUT2D eigenvalue weighted by molar-refractivity contribution is 6.64. The highest BCUT2D eigenvalue weighted by Gasteiger charge is 2.19. The smallest absolute Gasteiger partial charge is 0.294 e. The molecule has 1 rings (SSSR count). The molecule has 0 aromatic heterocycles. The summed E-state index contributed by atoms with van der Waals surface area (Å²) >= 11 is 5.21. The number of benzene rings is 1. The third-order valence-corrected chi connectivity index (χ3v) is 1.79. The van der Waals surface area contributed by atoms with E-state index in [4.69, 9.17) is 16.7 Å². The Morgan fingerprint density at radius 1 is 1.43 bits per heavy atom. The Morgan fingerprint density at radius 3 is 2.43 bits per heavy atom. The number of aromatic hydroxyl groups is 1. The van der Waals surface area contributed by atoms with Crippen LogP contribution in [0.25, 0.3) is 0 Å². The maximum Gasteiger partial charge on any atom is 0.294 e. The number of ether oxygens (including phenoxy) is 1. The average molecular weight is 215 g/mol. The molecule has 1 N–H and O–H groups in total. The Kier molecular flexibility index (Phi) is 3.48. The topological polar surface area (TPSA) is 63.6 Å². The van der Waals surface area contributed by atoms with Crippen molar-refractivity contribution >= 4 is 23.3 Å². The maximum atomic E-state index is 10.8. The normalized spacial score (nSPS) is 11.8. The molecule has 0 unspecified atom stereocenters. The van der Waals surface area contributed by atoms with E-state index in [1.54, 1.807) is 0 Å². The van der Waals surface area contributed by atoms with Gasteiger partial charge in [0.1, 0.15) is 5.75 Å². The van der Waals surface area contributed by atoms with Gasteiger partial charge in [0.25, 0.3) is 11.7 Å². The van der Waals surface area contributed by atoms with E-state index in [1.807, 2.05) is 0 Å². The molecule has 4 nitrogen and oxygen atoms in total. The maximum absolute atomic E-state index is 10.8. The first-order valence-corrected chi connectivity index (χ1v) is 4.10. The number of hydrogen-bond donors (Lipinski definition) is 1. The monoisotopic (exact) mass is 214 g/mol. The van der Waals surface area contributed by atoms with Crippen LogP contribution in [0.5, 0.6) is 5.75 Å². The highest BCUT2D eigenvalue weighted by Crippen LogP contribution is 2.21. The van der Waals surface area contributed by atoms with Gasteiger partial charge in [0.2, 0.25) is 0 Å². The summed E-state index contributed by atoms with van der Waals surface area (Å²) in [4.78, 5) is 20.9. The van der Waals surface area contributed by atoms with Crippen molar-refractivity contribution in [2.24, 2.45) is 0 Å². The van der Waals surface area contributed by atoms with E-state index in [2.05, 4.69) is 4.74 Å². The SMILES string of the molecule is O=CO[C@@H](C(=O)Cl)c1ccc(O)cc1. The molecule has 0 aliphatic heterocycles. The number of phenolic OH excluding ortho intramolecular Hbond substituents is 1. The lowest BCUT2D eigenvalue weighted by atomic mass is 10.1. The Bertz CT molecular complexity index is 333. The van der Waals surface area contributed by atoms with E-state index in [0.29, 0.717) is 5.56 Å². The van der Waals surface area contributed by atoms with Gasteiger partial charge in [-0.25, -0.2) is 0 Å². The van der Waals surface area contributed by atoms with Gasteiger partial charge in [0.05, 0.1) is 0 Å². The zero-order valence-electron chi connectivity index (χ0n) is 7.01. The summed E-state index contributed by atoms with van der Waals surface area (Å²) in [5.74, 6) is 0.0561. The first-order valence-electron chi connectivity index (χ1n) is 3.72. The molecule has 1 aromatic carbocycles. The molecule has 0 amide bonds. The van der Waals surface area contributed by atoms with Crippen molar-refractivity contribution in [1.82, 2.24) is 0 Å². The van der Waals surface area contributed by atoms with Crippen molar-refractivity contribution in [3.63, 3.8) is 0 Å². The third kappa shape index (κ3) is 2.47. The fourth-order valence-corrected chi connectivity index (χ4v) is 1.15. The Hall–Kier alpha value is -1.55. The van der Waals surface area contributed by atoms with Gasteiger partial charge in [-0.05, 0) is 23.7 Å². The van der Waals surface area contributed by atoms with Crippen LogP contribution in [-0.2, 0) is 14.3 Å². The van der Waals surface area contributed by atoms with Crippen LogP contribution in [0.1, 0.15) is 11.7 Å². The van der Waals surface area contributed by atoms with E-state index in [-0.39, 0.29) is 12.2 Å². The van der Waals surface area contributed by atoms with Crippen LogP contribution in [0, 0.1) is 0 Å². The van der Waals surface area contributed by atoms with Gasteiger partial charge >= 0.3 is 0 Å². The van der Waals surface area contributed by atoms with Crippen molar-refractivity contribution in [3.8, 4) is 5.75 Å². The number of hydrogen-bond acceptors (Lipinski definition) is 4. The predicted molar refractivity (Wildman–Crippen MR) is 48.9 cm³/mol. The van der Waals surface area contributed by atoms with Crippen LogP contribution < -0.4 is 0 Å². The summed E-state index contributed by atoms with van der Waals surface area (Å²) in [7, 11) is 0. The van der Waals surface area contributed by atoms with Gasteiger partial charge in [-0.3, -0.25) is 9.59 Å². The van der Waals surface area contributed by atoms with Gasteiger partial charge in [0, 0.05) is 5.56 Å². The van der Waals surface area contributed by atoms with E-state index in [1.165, 1.54) is 24.3 Å². The molecular weight excluding hydrogens is 208 g/mol. The van der Waals surface area contributed by atoms with Gasteiger partial charge in [-0.1, -0.05) is 12.1 Å².